The van der Waals surface area contributed by atoms with Crippen molar-refractivity contribution in [2.24, 2.45) is 0 Å². The number of phenols is 1. The van der Waals surface area contributed by atoms with Crippen LogP contribution in [0.15, 0.2) is 18.2 Å². The van der Waals surface area contributed by atoms with Crippen LogP contribution in [0.1, 0.15) is 10.4 Å². The van der Waals surface area contributed by atoms with Crippen molar-refractivity contribution in [2.45, 2.75) is 0 Å². The highest BCUT2D eigenvalue weighted by atomic mass is 35.5. The number of halogens is 1. The third-order valence-corrected chi connectivity index (χ3v) is 2.83. The number of hydrogen-bond donors (Lipinski definition) is 2. The number of rotatable bonds is 1. The molecule has 2 N–H and O–H groups in total. The monoisotopic (exact) mass is 240 g/mol. The third-order valence-electron chi connectivity index (χ3n) is 2.59. The summed E-state index contributed by atoms with van der Waals surface area (Å²) in [6.07, 6.45) is 0. The van der Waals surface area contributed by atoms with Gasteiger partial charge in [0.05, 0.1) is 5.56 Å². The molecule has 0 unspecified atom stereocenters. The van der Waals surface area contributed by atoms with Gasteiger partial charge in [0.2, 0.25) is 0 Å². The zero-order valence-corrected chi connectivity index (χ0v) is 9.50. The van der Waals surface area contributed by atoms with E-state index in [1.54, 1.807) is 11.0 Å². The Labute approximate surface area is 98.8 Å². The zero-order chi connectivity index (χ0) is 11.5. The van der Waals surface area contributed by atoms with E-state index >= 15 is 0 Å². The second-order valence-electron chi connectivity index (χ2n) is 3.70. The summed E-state index contributed by atoms with van der Waals surface area (Å²) >= 11 is 5.81. The Balaban J connectivity index is 2.22. The van der Waals surface area contributed by atoms with Crippen LogP contribution >= 0.6 is 11.6 Å². The molecule has 0 atom stereocenters. The second kappa shape index (κ2) is 4.72. The molecule has 2 rings (SSSR count). The van der Waals surface area contributed by atoms with E-state index in [-0.39, 0.29) is 17.2 Å². The Morgan fingerprint density at radius 1 is 1.38 bits per heavy atom. The van der Waals surface area contributed by atoms with E-state index in [1.807, 2.05) is 0 Å². The van der Waals surface area contributed by atoms with E-state index in [0.29, 0.717) is 18.1 Å². The summed E-state index contributed by atoms with van der Waals surface area (Å²) in [6.45, 7) is 2.88. The predicted molar refractivity (Wildman–Crippen MR) is 61.9 cm³/mol. The molecule has 0 bridgehead atoms. The number of aromatic hydroxyl groups is 1. The van der Waals surface area contributed by atoms with Gasteiger partial charge in [-0.05, 0) is 18.2 Å². The molecule has 0 aromatic heterocycles. The molecular weight excluding hydrogens is 228 g/mol. The maximum atomic E-state index is 12.1. The summed E-state index contributed by atoms with van der Waals surface area (Å²) in [5, 5.41) is 13.2. The zero-order valence-electron chi connectivity index (χ0n) is 8.74. The van der Waals surface area contributed by atoms with Crippen molar-refractivity contribution in [1.29, 1.82) is 0 Å². The van der Waals surface area contributed by atoms with Crippen LogP contribution in [-0.2, 0) is 0 Å². The molecule has 5 heteroatoms. The summed E-state index contributed by atoms with van der Waals surface area (Å²) in [7, 11) is 0. The minimum absolute atomic E-state index is 0.0204. The van der Waals surface area contributed by atoms with Crippen molar-refractivity contribution < 1.29 is 9.90 Å². The van der Waals surface area contributed by atoms with Crippen LogP contribution in [-0.4, -0.2) is 42.1 Å². The van der Waals surface area contributed by atoms with E-state index in [1.165, 1.54) is 12.1 Å². The Kier molecular flexibility index (Phi) is 3.31. The fraction of sp³-hybridized carbons (Fsp3) is 0.364. The van der Waals surface area contributed by atoms with Gasteiger partial charge in [0.1, 0.15) is 5.75 Å². The largest absolute Gasteiger partial charge is 0.507 e. The first-order valence-electron chi connectivity index (χ1n) is 5.17. The number of carbonyl (C=O) groups is 1. The third kappa shape index (κ3) is 2.28. The highest BCUT2D eigenvalue weighted by Gasteiger charge is 2.20. The topological polar surface area (TPSA) is 52.6 Å². The summed E-state index contributed by atoms with van der Waals surface area (Å²) in [4.78, 5) is 13.8. The summed E-state index contributed by atoms with van der Waals surface area (Å²) < 4.78 is 0. The Morgan fingerprint density at radius 2 is 2.06 bits per heavy atom. The lowest BCUT2D eigenvalue weighted by Gasteiger charge is -2.27. The average Bonchev–Trinajstić information content (AvgIpc) is 2.32. The van der Waals surface area contributed by atoms with Crippen LogP contribution < -0.4 is 5.32 Å². The molecule has 4 nitrogen and oxygen atoms in total. The summed E-state index contributed by atoms with van der Waals surface area (Å²) in [5.41, 5.74) is 0.273. The first kappa shape index (κ1) is 11.2. The predicted octanol–water partition coefficient (Wildman–Crippen LogP) is 1.09. The van der Waals surface area contributed by atoms with E-state index in [2.05, 4.69) is 5.32 Å². The van der Waals surface area contributed by atoms with Crippen molar-refractivity contribution in [2.75, 3.05) is 26.2 Å². The van der Waals surface area contributed by atoms with Crippen molar-refractivity contribution in [3.63, 3.8) is 0 Å². The minimum atomic E-state index is -0.165. The number of piperazine rings is 1. The second-order valence-corrected chi connectivity index (χ2v) is 4.14. The van der Waals surface area contributed by atoms with Gasteiger partial charge in [-0.3, -0.25) is 4.79 Å². The highest BCUT2D eigenvalue weighted by Crippen LogP contribution is 2.23. The smallest absolute Gasteiger partial charge is 0.257 e. The molecule has 1 aliphatic rings. The Bertz CT molecular complexity index is 403. The van der Waals surface area contributed by atoms with Gasteiger partial charge < -0.3 is 15.3 Å². The van der Waals surface area contributed by atoms with Crippen LogP contribution in [0.4, 0.5) is 0 Å². The average molecular weight is 241 g/mol. The molecule has 0 spiro atoms. The highest BCUT2D eigenvalue weighted by molar-refractivity contribution is 6.31. The molecule has 1 saturated heterocycles. The van der Waals surface area contributed by atoms with Gasteiger partial charge in [-0.2, -0.15) is 0 Å². The molecule has 86 valence electrons. The number of carbonyl (C=O) groups excluding carboxylic acids is 1. The van der Waals surface area contributed by atoms with E-state index in [9.17, 15) is 9.90 Å². The quantitative estimate of drug-likeness (QED) is 0.773. The Hall–Kier alpha value is -1.26. The van der Waals surface area contributed by atoms with E-state index < -0.39 is 0 Å². The van der Waals surface area contributed by atoms with Gasteiger partial charge in [-0.15, -0.1) is 0 Å². The molecule has 1 heterocycles. The number of phenolic OH excluding ortho intramolecular Hbond substituents is 1. The van der Waals surface area contributed by atoms with Gasteiger partial charge in [0.25, 0.3) is 5.91 Å². The molecule has 0 radical (unpaired) electrons. The molecular formula is C11H13ClN2O2. The molecule has 0 aliphatic carbocycles. The van der Waals surface area contributed by atoms with Crippen LogP contribution in [0, 0.1) is 0 Å². The maximum absolute atomic E-state index is 12.1. The number of nitrogens with zero attached hydrogens (tertiary/aromatic N) is 1. The number of amides is 1. The first-order valence-corrected chi connectivity index (χ1v) is 5.55. The molecule has 1 aliphatic heterocycles. The SMILES string of the molecule is O=C(c1cc(Cl)ccc1O)N1CCNCC1. The fourth-order valence-electron chi connectivity index (χ4n) is 1.72. The Morgan fingerprint density at radius 3 is 2.75 bits per heavy atom. The molecule has 1 aromatic rings. The van der Waals surface area contributed by atoms with Gasteiger partial charge in [0.15, 0.2) is 0 Å². The fourth-order valence-corrected chi connectivity index (χ4v) is 1.89. The number of hydrogen-bond acceptors (Lipinski definition) is 3. The molecule has 0 saturated carbocycles. The van der Waals surface area contributed by atoms with Gasteiger partial charge in [-0.25, -0.2) is 0 Å². The molecule has 1 aromatic carbocycles. The normalized spacial score (nSPS) is 16.2. The number of benzene rings is 1. The van der Waals surface area contributed by atoms with Gasteiger partial charge >= 0.3 is 0 Å². The summed E-state index contributed by atoms with van der Waals surface area (Å²) in [6, 6.07) is 4.50. The molecule has 1 fully saturated rings. The van der Waals surface area contributed by atoms with Crippen LogP contribution in [0.25, 0.3) is 0 Å². The first-order chi connectivity index (χ1) is 7.68. The van der Waals surface area contributed by atoms with E-state index in [4.69, 9.17) is 11.6 Å². The number of nitrogens with one attached hydrogen (secondary N) is 1. The lowest BCUT2D eigenvalue weighted by atomic mass is 10.1. The van der Waals surface area contributed by atoms with E-state index in [0.717, 1.165) is 13.1 Å². The van der Waals surface area contributed by atoms with Gasteiger partial charge in [0, 0.05) is 31.2 Å². The summed E-state index contributed by atoms with van der Waals surface area (Å²) in [5.74, 6) is -0.186. The van der Waals surface area contributed by atoms with Crippen LogP contribution in [0.5, 0.6) is 5.75 Å². The minimum Gasteiger partial charge on any atom is -0.507 e. The lowest BCUT2D eigenvalue weighted by Crippen LogP contribution is -2.46. The standard InChI is InChI=1S/C11H13ClN2O2/c12-8-1-2-10(15)9(7-8)11(16)14-5-3-13-4-6-14/h1-2,7,13,15H,3-6H2. The van der Waals surface area contributed by atoms with Crippen LogP contribution in [0.3, 0.4) is 0 Å². The van der Waals surface area contributed by atoms with Crippen molar-refractivity contribution >= 4 is 17.5 Å². The molecule has 16 heavy (non-hydrogen) atoms. The van der Waals surface area contributed by atoms with Crippen molar-refractivity contribution in [3.05, 3.63) is 28.8 Å². The van der Waals surface area contributed by atoms with Crippen molar-refractivity contribution in [3.8, 4) is 5.75 Å². The van der Waals surface area contributed by atoms with Crippen molar-refractivity contribution in [1.82, 2.24) is 10.2 Å². The van der Waals surface area contributed by atoms with Gasteiger partial charge in [-0.1, -0.05) is 11.6 Å². The lowest BCUT2D eigenvalue weighted by molar-refractivity contribution is 0.0733. The van der Waals surface area contributed by atoms with Crippen LogP contribution in [0.2, 0.25) is 5.02 Å². The maximum Gasteiger partial charge on any atom is 0.257 e. The molecule has 1 amide bonds.